The fourth-order valence-electron chi connectivity index (χ4n) is 1.73. The zero-order valence-electron chi connectivity index (χ0n) is 10.8. The summed E-state index contributed by atoms with van der Waals surface area (Å²) in [5, 5.41) is 20.9. The Morgan fingerprint density at radius 2 is 1.70 bits per heavy atom. The van der Waals surface area contributed by atoms with Gasteiger partial charge in [0.2, 0.25) is 0 Å². The van der Waals surface area contributed by atoms with Gasteiger partial charge in [0.15, 0.2) is 0 Å². The minimum atomic E-state index is 0.376. The van der Waals surface area contributed by atoms with E-state index >= 15 is 0 Å². The first kappa shape index (κ1) is 13.5. The number of hydrogen-bond donors (Lipinski definition) is 1. The number of nitrogens with zero attached hydrogens (tertiary/aromatic N) is 2. The van der Waals surface area contributed by atoms with Crippen molar-refractivity contribution in [2.24, 2.45) is 0 Å². The standard InChI is InChI=1S/C16H13N3O/c17-11-13-6-7-15(10-14(13)12-18)19-8-9-20-16-4-2-1-3-5-16/h1-7,10,19H,8-9H2. The molecule has 0 unspecified atom stereocenters. The fourth-order valence-corrected chi connectivity index (χ4v) is 1.73. The van der Waals surface area contributed by atoms with Gasteiger partial charge >= 0.3 is 0 Å². The van der Waals surface area contributed by atoms with Gasteiger partial charge in [-0.05, 0) is 30.3 Å². The van der Waals surface area contributed by atoms with Gasteiger partial charge < -0.3 is 10.1 Å². The molecule has 2 rings (SSSR count). The van der Waals surface area contributed by atoms with E-state index in [4.69, 9.17) is 15.3 Å². The first-order valence-electron chi connectivity index (χ1n) is 6.19. The van der Waals surface area contributed by atoms with Crippen molar-refractivity contribution in [2.45, 2.75) is 0 Å². The van der Waals surface area contributed by atoms with Gasteiger partial charge in [-0.1, -0.05) is 18.2 Å². The van der Waals surface area contributed by atoms with Crippen LogP contribution in [0.2, 0.25) is 0 Å². The Kier molecular flexibility index (Phi) is 4.59. The number of anilines is 1. The fraction of sp³-hybridized carbons (Fsp3) is 0.125. The highest BCUT2D eigenvalue weighted by atomic mass is 16.5. The number of benzene rings is 2. The average Bonchev–Trinajstić information content (AvgIpc) is 2.52. The molecule has 1 N–H and O–H groups in total. The molecule has 0 atom stereocenters. The highest BCUT2D eigenvalue weighted by molar-refractivity contribution is 5.56. The smallest absolute Gasteiger partial charge is 0.119 e. The minimum absolute atomic E-state index is 0.376. The van der Waals surface area contributed by atoms with E-state index in [-0.39, 0.29) is 0 Å². The Labute approximate surface area is 117 Å². The van der Waals surface area contributed by atoms with Gasteiger partial charge in [-0.2, -0.15) is 10.5 Å². The number of rotatable bonds is 5. The number of nitriles is 2. The van der Waals surface area contributed by atoms with Crippen LogP contribution in [-0.2, 0) is 0 Å². The molecule has 0 aromatic heterocycles. The summed E-state index contributed by atoms with van der Waals surface area (Å²) >= 11 is 0. The third-order valence-corrected chi connectivity index (χ3v) is 2.70. The lowest BCUT2D eigenvalue weighted by molar-refractivity contribution is 0.333. The lowest BCUT2D eigenvalue weighted by Crippen LogP contribution is -2.11. The van der Waals surface area contributed by atoms with Crippen molar-refractivity contribution < 1.29 is 4.74 Å². The van der Waals surface area contributed by atoms with Gasteiger partial charge in [0.1, 0.15) is 24.5 Å². The second-order valence-electron chi connectivity index (χ2n) is 4.07. The summed E-state index contributed by atoms with van der Waals surface area (Å²) in [7, 11) is 0. The highest BCUT2D eigenvalue weighted by Gasteiger charge is 2.02. The maximum absolute atomic E-state index is 8.94. The zero-order valence-corrected chi connectivity index (χ0v) is 10.8. The molecule has 0 amide bonds. The molecule has 2 aromatic rings. The second-order valence-corrected chi connectivity index (χ2v) is 4.07. The Morgan fingerprint density at radius 1 is 0.950 bits per heavy atom. The van der Waals surface area contributed by atoms with Crippen molar-refractivity contribution in [2.75, 3.05) is 18.5 Å². The molecule has 0 aliphatic heterocycles. The van der Waals surface area contributed by atoms with Crippen LogP contribution in [0.1, 0.15) is 11.1 Å². The van der Waals surface area contributed by atoms with Gasteiger partial charge in [0.05, 0.1) is 11.1 Å². The number of hydrogen-bond acceptors (Lipinski definition) is 4. The number of para-hydroxylation sites is 1. The summed E-state index contributed by atoms with van der Waals surface area (Å²) in [5.74, 6) is 0.826. The topological polar surface area (TPSA) is 68.8 Å². The van der Waals surface area contributed by atoms with Gasteiger partial charge in [0, 0.05) is 12.2 Å². The summed E-state index contributed by atoms with van der Waals surface area (Å²) in [6.07, 6.45) is 0. The largest absolute Gasteiger partial charge is 0.492 e. The SMILES string of the molecule is N#Cc1ccc(NCCOc2ccccc2)cc1C#N. The van der Waals surface area contributed by atoms with Crippen LogP contribution in [0.15, 0.2) is 48.5 Å². The molecule has 0 saturated carbocycles. The van der Waals surface area contributed by atoms with Crippen LogP contribution in [0.5, 0.6) is 5.75 Å². The van der Waals surface area contributed by atoms with Crippen molar-refractivity contribution in [1.82, 2.24) is 0 Å². The molecule has 4 nitrogen and oxygen atoms in total. The molecule has 20 heavy (non-hydrogen) atoms. The van der Waals surface area contributed by atoms with Crippen LogP contribution < -0.4 is 10.1 Å². The minimum Gasteiger partial charge on any atom is -0.492 e. The van der Waals surface area contributed by atoms with E-state index in [0.717, 1.165) is 11.4 Å². The second kappa shape index (κ2) is 6.82. The molecular weight excluding hydrogens is 250 g/mol. The predicted molar refractivity (Wildman–Crippen MR) is 76.3 cm³/mol. The summed E-state index contributed by atoms with van der Waals surface area (Å²) in [6.45, 7) is 1.14. The summed E-state index contributed by atoms with van der Waals surface area (Å²) in [4.78, 5) is 0. The lowest BCUT2D eigenvalue weighted by Gasteiger charge is -2.09. The first-order chi connectivity index (χ1) is 9.83. The monoisotopic (exact) mass is 263 g/mol. The van der Waals surface area contributed by atoms with E-state index in [2.05, 4.69) is 5.32 Å². The van der Waals surface area contributed by atoms with E-state index in [0.29, 0.717) is 24.3 Å². The molecule has 4 heteroatoms. The Bertz CT molecular complexity index is 654. The molecule has 0 heterocycles. The molecule has 2 aromatic carbocycles. The van der Waals surface area contributed by atoms with Crippen LogP contribution in [0.3, 0.4) is 0 Å². The Morgan fingerprint density at radius 3 is 2.40 bits per heavy atom. The summed E-state index contributed by atoms with van der Waals surface area (Å²) in [5.41, 5.74) is 1.57. The van der Waals surface area contributed by atoms with E-state index in [9.17, 15) is 0 Å². The van der Waals surface area contributed by atoms with Gasteiger partial charge in [-0.15, -0.1) is 0 Å². The van der Waals surface area contributed by atoms with E-state index in [1.807, 2.05) is 42.5 Å². The number of nitrogens with one attached hydrogen (secondary N) is 1. The van der Waals surface area contributed by atoms with Crippen LogP contribution >= 0.6 is 0 Å². The molecular formula is C16H13N3O. The molecule has 0 spiro atoms. The molecule has 98 valence electrons. The molecule has 0 fully saturated rings. The third-order valence-electron chi connectivity index (χ3n) is 2.70. The van der Waals surface area contributed by atoms with Crippen molar-refractivity contribution in [3.63, 3.8) is 0 Å². The Balaban J connectivity index is 1.86. The van der Waals surface area contributed by atoms with Crippen molar-refractivity contribution in [1.29, 1.82) is 10.5 Å². The molecule has 0 aliphatic rings. The molecule has 0 saturated heterocycles. The van der Waals surface area contributed by atoms with Crippen molar-refractivity contribution in [3.8, 4) is 17.9 Å². The predicted octanol–water partition coefficient (Wildman–Crippen LogP) is 2.92. The van der Waals surface area contributed by atoms with Gasteiger partial charge in [0.25, 0.3) is 0 Å². The number of ether oxygens (including phenoxy) is 1. The van der Waals surface area contributed by atoms with Crippen LogP contribution in [0, 0.1) is 22.7 Å². The van der Waals surface area contributed by atoms with E-state index < -0.39 is 0 Å². The molecule has 0 bridgehead atoms. The maximum atomic E-state index is 8.94. The maximum Gasteiger partial charge on any atom is 0.119 e. The van der Waals surface area contributed by atoms with E-state index in [1.165, 1.54) is 0 Å². The molecule has 0 radical (unpaired) electrons. The third kappa shape index (κ3) is 3.51. The van der Waals surface area contributed by atoms with Gasteiger partial charge in [-0.3, -0.25) is 0 Å². The van der Waals surface area contributed by atoms with Crippen molar-refractivity contribution in [3.05, 3.63) is 59.7 Å². The Hall–Kier alpha value is -2.98. The van der Waals surface area contributed by atoms with Gasteiger partial charge in [-0.25, -0.2) is 0 Å². The molecule has 0 aliphatic carbocycles. The van der Waals surface area contributed by atoms with Crippen molar-refractivity contribution >= 4 is 5.69 Å². The normalized spacial score (nSPS) is 9.30. The van der Waals surface area contributed by atoms with Crippen LogP contribution in [0.4, 0.5) is 5.69 Å². The first-order valence-corrected chi connectivity index (χ1v) is 6.19. The quantitative estimate of drug-likeness (QED) is 0.842. The average molecular weight is 263 g/mol. The lowest BCUT2D eigenvalue weighted by atomic mass is 10.1. The van der Waals surface area contributed by atoms with E-state index in [1.54, 1.807) is 18.2 Å². The van der Waals surface area contributed by atoms with Crippen LogP contribution in [-0.4, -0.2) is 13.2 Å². The zero-order chi connectivity index (χ0) is 14.2. The highest BCUT2D eigenvalue weighted by Crippen LogP contribution is 2.14. The summed E-state index contributed by atoms with van der Waals surface area (Å²) in [6, 6.07) is 18.7. The van der Waals surface area contributed by atoms with Crippen LogP contribution in [0.25, 0.3) is 0 Å². The summed E-state index contributed by atoms with van der Waals surface area (Å²) < 4.78 is 5.55.